The lowest BCUT2D eigenvalue weighted by molar-refractivity contribution is 0.262. The maximum absolute atomic E-state index is 13.1. The maximum Gasteiger partial charge on any atom is 0.324 e. The molecule has 0 saturated carbocycles. The fourth-order valence-electron chi connectivity index (χ4n) is 4.81. The number of rotatable bonds is 6. The number of hydrogen-bond acceptors (Lipinski definition) is 5. The zero-order valence-electron chi connectivity index (χ0n) is 22.2. The highest BCUT2D eigenvalue weighted by Gasteiger charge is 2.33. The van der Waals surface area contributed by atoms with Crippen molar-refractivity contribution in [1.82, 2.24) is 15.1 Å². The SMILES string of the molecule is Cc1ccc(-n2nc(C(C)(C)C)cc2NC(=O)Nc2cccc(C(C3CCNCC3)S(C)(=O)=O)c2)cc1. The van der Waals surface area contributed by atoms with Crippen molar-refractivity contribution in [2.45, 2.75) is 51.2 Å². The molecule has 2 heterocycles. The minimum absolute atomic E-state index is 0.0417. The van der Waals surface area contributed by atoms with Crippen LogP contribution >= 0.6 is 0 Å². The van der Waals surface area contributed by atoms with Gasteiger partial charge in [0.05, 0.1) is 16.6 Å². The molecule has 1 aliphatic rings. The van der Waals surface area contributed by atoms with E-state index in [4.69, 9.17) is 5.10 Å². The Bertz CT molecular complexity index is 1350. The van der Waals surface area contributed by atoms with Gasteiger partial charge in [-0.15, -0.1) is 0 Å². The number of aryl methyl sites for hydroxylation is 1. The second kappa shape index (κ2) is 10.7. The van der Waals surface area contributed by atoms with E-state index in [0.29, 0.717) is 17.1 Å². The molecule has 1 atom stereocenters. The maximum atomic E-state index is 13.1. The molecule has 4 rings (SSSR count). The highest BCUT2D eigenvalue weighted by Crippen LogP contribution is 2.36. The van der Waals surface area contributed by atoms with Crippen molar-refractivity contribution in [2.24, 2.45) is 5.92 Å². The number of sulfone groups is 1. The fraction of sp³-hybridized carbons (Fsp3) is 0.429. The lowest BCUT2D eigenvalue weighted by Gasteiger charge is -2.30. The van der Waals surface area contributed by atoms with Gasteiger partial charge in [-0.25, -0.2) is 17.9 Å². The minimum Gasteiger partial charge on any atom is -0.317 e. The van der Waals surface area contributed by atoms with Gasteiger partial charge in [-0.2, -0.15) is 5.10 Å². The molecule has 0 spiro atoms. The van der Waals surface area contributed by atoms with E-state index in [9.17, 15) is 13.2 Å². The molecule has 1 fully saturated rings. The lowest BCUT2D eigenvalue weighted by Crippen LogP contribution is -2.33. The number of piperidine rings is 1. The molecule has 2 amide bonds. The van der Waals surface area contributed by atoms with Gasteiger partial charge in [-0.05, 0) is 68.6 Å². The summed E-state index contributed by atoms with van der Waals surface area (Å²) >= 11 is 0. The standard InChI is InChI=1S/C28H37N5O3S/c1-19-9-11-23(12-10-19)33-25(18-24(32-33)28(2,3)4)31-27(34)30-22-8-6-7-21(17-22)26(37(5,35)36)20-13-15-29-16-14-20/h6-12,17-18,20,26,29H,13-16H2,1-5H3,(H2,30,31,34). The number of anilines is 2. The van der Waals surface area contributed by atoms with E-state index < -0.39 is 21.1 Å². The molecule has 3 N–H and O–H groups in total. The summed E-state index contributed by atoms with van der Waals surface area (Å²) in [6.07, 6.45) is 2.90. The molecule has 0 radical (unpaired) electrons. The van der Waals surface area contributed by atoms with Crippen LogP contribution in [0, 0.1) is 12.8 Å². The Hall–Kier alpha value is -3.17. The second-order valence-electron chi connectivity index (χ2n) is 11.0. The first-order chi connectivity index (χ1) is 17.4. The van der Waals surface area contributed by atoms with Crippen LogP contribution in [0.2, 0.25) is 0 Å². The molecule has 1 saturated heterocycles. The van der Waals surface area contributed by atoms with Crippen LogP contribution in [-0.2, 0) is 15.3 Å². The van der Waals surface area contributed by atoms with Gasteiger partial charge in [0, 0.05) is 23.4 Å². The summed E-state index contributed by atoms with van der Waals surface area (Å²) in [5.74, 6) is 0.589. The van der Waals surface area contributed by atoms with Crippen molar-refractivity contribution in [3.05, 3.63) is 71.4 Å². The first kappa shape index (κ1) is 26.9. The van der Waals surface area contributed by atoms with Gasteiger partial charge in [-0.3, -0.25) is 5.32 Å². The molecule has 2 aromatic carbocycles. The Kier molecular flexibility index (Phi) is 7.75. The fourth-order valence-corrected chi connectivity index (χ4v) is 6.42. The van der Waals surface area contributed by atoms with Crippen LogP contribution in [0.1, 0.15) is 55.7 Å². The van der Waals surface area contributed by atoms with E-state index >= 15 is 0 Å². The van der Waals surface area contributed by atoms with Crippen LogP contribution in [0.4, 0.5) is 16.3 Å². The van der Waals surface area contributed by atoms with E-state index in [2.05, 4.69) is 36.7 Å². The van der Waals surface area contributed by atoms with E-state index in [1.54, 1.807) is 22.9 Å². The van der Waals surface area contributed by atoms with Crippen molar-refractivity contribution < 1.29 is 13.2 Å². The number of urea groups is 1. The van der Waals surface area contributed by atoms with Crippen molar-refractivity contribution in [3.8, 4) is 5.69 Å². The molecule has 0 bridgehead atoms. The predicted molar refractivity (Wildman–Crippen MR) is 149 cm³/mol. The topological polar surface area (TPSA) is 105 Å². The van der Waals surface area contributed by atoms with Crippen LogP contribution in [0.5, 0.6) is 0 Å². The molecule has 1 unspecified atom stereocenters. The summed E-state index contributed by atoms with van der Waals surface area (Å²) in [5.41, 5.74) is 3.87. The highest BCUT2D eigenvalue weighted by atomic mass is 32.2. The molecule has 37 heavy (non-hydrogen) atoms. The van der Waals surface area contributed by atoms with Crippen molar-refractivity contribution in [1.29, 1.82) is 0 Å². The van der Waals surface area contributed by atoms with Crippen LogP contribution < -0.4 is 16.0 Å². The van der Waals surface area contributed by atoms with Crippen molar-refractivity contribution >= 4 is 27.4 Å². The van der Waals surface area contributed by atoms with E-state index in [0.717, 1.165) is 42.9 Å². The van der Waals surface area contributed by atoms with Crippen LogP contribution in [0.3, 0.4) is 0 Å². The van der Waals surface area contributed by atoms with Crippen LogP contribution in [0.15, 0.2) is 54.6 Å². The Morgan fingerprint density at radius 2 is 1.73 bits per heavy atom. The average Bonchev–Trinajstić information content (AvgIpc) is 3.24. The smallest absolute Gasteiger partial charge is 0.317 e. The minimum atomic E-state index is -3.33. The second-order valence-corrected chi connectivity index (χ2v) is 13.1. The molecule has 198 valence electrons. The normalized spacial score (nSPS) is 15.8. The molecule has 9 heteroatoms. The van der Waals surface area contributed by atoms with Gasteiger partial charge in [0.25, 0.3) is 0 Å². The van der Waals surface area contributed by atoms with Gasteiger partial charge < -0.3 is 10.6 Å². The molecule has 1 aromatic heterocycles. The van der Waals surface area contributed by atoms with Gasteiger partial charge in [0.15, 0.2) is 9.84 Å². The summed E-state index contributed by atoms with van der Waals surface area (Å²) < 4.78 is 27.2. The number of carbonyl (C=O) groups excluding carboxylic acids is 1. The number of aromatic nitrogens is 2. The zero-order chi connectivity index (χ0) is 26.8. The number of hydrogen-bond donors (Lipinski definition) is 3. The van der Waals surface area contributed by atoms with Gasteiger partial charge in [0.2, 0.25) is 0 Å². The van der Waals surface area contributed by atoms with E-state index in [-0.39, 0.29) is 11.3 Å². The van der Waals surface area contributed by atoms with Gasteiger partial charge in [0.1, 0.15) is 5.82 Å². The lowest BCUT2D eigenvalue weighted by atomic mass is 9.90. The van der Waals surface area contributed by atoms with Gasteiger partial charge >= 0.3 is 6.03 Å². The van der Waals surface area contributed by atoms with Gasteiger partial charge in [-0.1, -0.05) is 50.6 Å². The molecular formula is C28H37N5O3S. The highest BCUT2D eigenvalue weighted by molar-refractivity contribution is 7.90. The largest absolute Gasteiger partial charge is 0.324 e. The number of nitrogens with one attached hydrogen (secondary N) is 3. The Balaban J connectivity index is 1.57. The quantitative estimate of drug-likeness (QED) is 0.412. The summed E-state index contributed by atoms with van der Waals surface area (Å²) in [6.45, 7) is 9.86. The summed E-state index contributed by atoms with van der Waals surface area (Å²) in [6, 6.07) is 16.6. The number of amides is 2. The third kappa shape index (κ3) is 6.59. The Morgan fingerprint density at radius 1 is 1.05 bits per heavy atom. The summed E-state index contributed by atoms with van der Waals surface area (Å²) in [7, 11) is -3.33. The number of nitrogens with zero attached hydrogens (tertiary/aromatic N) is 2. The zero-order valence-corrected chi connectivity index (χ0v) is 23.0. The molecule has 1 aliphatic heterocycles. The summed E-state index contributed by atoms with van der Waals surface area (Å²) in [5, 5.41) is 13.3. The van der Waals surface area contributed by atoms with E-state index in [1.165, 1.54) is 6.26 Å². The summed E-state index contributed by atoms with van der Waals surface area (Å²) in [4.78, 5) is 13.1. The molecule has 8 nitrogen and oxygen atoms in total. The first-order valence-corrected chi connectivity index (χ1v) is 14.6. The predicted octanol–water partition coefficient (Wildman–Crippen LogP) is 5.21. The molecule has 3 aromatic rings. The molecule has 0 aliphatic carbocycles. The number of benzene rings is 2. The average molecular weight is 524 g/mol. The third-order valence-corrected chi connectivity index (χ3v) is 8.32. The Labute approximate surface area is 219 Å². The third-order valence-electron chi connectivity index (χ3n) is 6.74. The molecular weight excluding hydrogens is 486 g/mol. The monoisotopic (exact) mass is 523 g/mol. The first-order valence-electron chi connectivity index (χ1n) is 12.7. The van der Waals surface area contributed by atoms with Crippen LogP contribution in [-0.4, -0.2) is 43.6 Å². The Morgan fingerprint density at radius 3 is 2.35 bits per heavy atom. The van der Waals surface area contributed by atoms with Crippen molar-refractivity contribution in [3.63, 3.8) is 0 Å². The van der Waals surface area contributed by atoms with E-state index in [1.807, 2.05) is 43.3 Å². The number of carbonyl (C=O) groups is 1. The van der Waals surface area contributed by atoms with Crippen molar-refractivity contribution in [2.75, 3.05) is 30.0 Å². The van der Waals surface area contributed by atoms with Crippen LogP contribution in [0.25, 0.3) is 5.69 Å².